The Labute approximate surface area is 313 Å². The molecule has 2 N–H and O–H groups in total. The van der Waals surface area contributed by atoms with E-state index in [0.717, 1.165) is 53.7 Å². The number of aromatic nitrogens is 3. The molecule has 0 fully saturated rings. The molecule has 0 radical (unpaired) electrons. The molecular weight excluding hydrogens is 665 g/mol. The second kappa shape index (κ2) is 15.6. The highest BCUT2D eigenvalue weighted by atomic mass is 16.5. The summed E-state index contributed by atoms with van der Waals surface area (Å²) in [5.74, 6) is 2.75. The minimum Gasteiger partial charge on any atom is -0.482 e. The number of amides is 2. The lowest BCUT2D eigenvalue weighted by atomic mass is 10.0. The molecule has 3 aromatic heterocycles. The molecule has 0 saturated heterocycles. The number of hydrogen-bond acceptors (Lipinski definition) is 9. The third-order valence-electron chi connectivity index (χ3n) is 8.55. The molecule has 0 bridgehead atoms. The molecule has 53 heavy (non-hydrogen) atoms. The van der Waals surface area contributed by atoms with E-state index in [1.807, 2.05) is 64.3 Å². The van der Waals surface area contributed by atoms with Crippen LogP contribution in [0.15, 0.2) is 97.3 Å². The number of anilines is 3. The number of carbonyl (C=O) groups excluding carboxylic acids is 1. The number of benzene rings is 2. The highest BCUT2D eigenvalue weighted by Crippen LogP contribution is 2.38. The average molecular weight is 715 g/mol. The van der Waals surface area contributed by atoms with Crippen LogP contribution in [0.4, 0.5) is 22.1 Å². The number of pyridine rings is 3. The monoisotopic (exact) mass is 714 g/mol. The van der Waals surface area contributed by atoms with Crippen molar-refractivity contribution >= 4 is 23.4 Å². The van der Waals surface area contributed by atoms with Crippen molar-refractivity contribution < 1.29 is 14.3 Å². The standard InChI is InChI=1S/C24H27N5O2.C18H23N3O/c1-24(2)16-29(23(30)26-19-9-6-12-25-14-19)22-21(31-24)11-10-20(27-22)18-8-5-7-17(13-18)15-28(3)4;1-18(2)12-19-17-16(22-18)9-8-15(20-17)14-7-5-6-13(10-14)11-21(3)4/h5-14H,15-16H2,1-4H3,(H,26,30);5-10H,11-12H2,1-4H3,(H,19,20). The van der Waals surface area contributed by atoms with Gasteiger partial charge in [0.2, 0.25) is 0 Å². The van der Waals surface area contributed by atoms with E-state index in [9.17, 15) is 4.79 Å². The number of nitrogens with one attached hydrogen (secondary N) is 2. The fourth-order valence-electron chi connectivity index (χ4n) is 6.29. The zero-order valence-electron chi connectivity index (χ0n) is 32.0. The first kappa shape index (κ1) is 37.2. The second-order valence-corrected chi connectivity index (χ2v) is 15.3. The molecule has 0 unspecified atom stereocenters. The molecule has 2 aromatic carbocycles. The summed E-state index contributed by atoms with van der Waals surface area (Å²) in [6, 6.07) is 28.0. The zero-order chi connectivity index (χ0) is 37.8. The lowest BCUT2D eigenvalue weighted by molar-refractivity contribution is 0.106. The molecule has 0 atom stereocenters. The van der Waals surface area contributed by atoms with E-state index in [-0.39, 0.29) is 11.6 Å². The number of ether oxygens (including phenoxy) is 2. The van der Waals surface area contributed by atoms with Gasteiger partial charge in [-0.15, -0.1) is 0 Å². The SMILES string of the molecule is CN(C)Cc1cccc(-c2ccc3c(n2)N(C(=O)Nc2cccnc2)CC(C)(C)O3)c1.CN(C)Cc1cccc(-c2ccc3c(n2)NCC(C)(C)O3)c1. The number of nitrogens with zero attached hydrogens (tertiary/aromatic N) is 6. The second-order valence-electron chi connectivity index (χ2n) is 15.3. The molecule has 0 spiro atoms. The first-order valence-corrected chi connectivity index (χ1v) is 17.8. The van der Waals surface area contributed by atoms with Gasteiger partial charge in [-0.1, -0.05) is 36.4 Å². The molecule has 2 aliphatic heterocycles. The van der Waals surface area contributed by atoms with Crippen LogP contribution in [-0.2, 0) is 13.1 Å². The number of urea groups is 1. The van der Waals surface area contributed by atoms with Crippen LogP contribution in [-0.4, -0.2) is 83.3 Å². The third kappa shape index (κ3) is 9.68. The van der Waals surface area contributed by atoms with E-state index in [1.165, 1.54) is 11.1 Å². The first-order chi connectivity index (χ1) is 25.2. The third-order valence-corrected chi connectivity index (χ3v) is 8.55. The predicted molar refractivity (Wildman–Crippen MR) is 213 cm³/mol. The highest BCUT2D eigenvalue weighted by Gasteiger charge is 2.36. The van der Waals surface area contributed by atoms with Crippen LogP contribution in [0.2, 0.25) is 0 Å². The first-order valence-electron chi connectivity index (χ1n) is 17.8. The highest BCUT2D eigenvalue weighted by molar-refractivity contribution is 6.02. The lowest BCUT2D eigenvalue weighted by Gasteiger charge is -2.38. The fraction of sp³-hybridized carbons (Fsp3) is 0.333. The van der Waals surface area contributed by atoms with Crippen molar-refractivity contribution in [1.29, 1.82) is 0 Å². The van der Waals surface area contributed by atoms with Gasteiger partial charge in [-0.05, 0) is 116 Å². The summed E-state index contributed by atoms with van der Waals surface area (Å²) in [4.78, 5) is 32.7. The molecule has 5 aromatic rings. The number of carbonyl (C=O) groups is 1. The van der Waals surface area contributed by atoms with Crippen LogP contribution in [0.3, 0.4) is 0 Å². The van der Waals surface area contributed by atoms with E-state index >= 15 is 0 Å². The van der Waals surface area contributed by atoms with E-state index in [0.29, 0.717) is 23.8 Å². The maximum absolute atomic E-state index is 13.1. The van der Waals surface area contributed by atoms with Crippen LogP contribution in [0.25, 0.3) is 22.5 Å². The van der Waals surface area contributed by atoms with Gasteiger partial charge in [0.25, 0.3) is 0 Å². The maximum atomic E-state index is 13.1. The van der Waals surface area contributed by atoms with Crippen LogP contribution in [0.5, 0.6) is 11.5 Å². The van der Waals surface area contributed by atoms with Crippen molar-refractivity contribution in [2.24, 2.45) is 0 Å². The van der Waals surface area contributed by atoms with Gasteiger partial charge in [0.15, 0.2) is 23.1 Å². The molecule has 7 rings (SSSR count). The molecule has 5 heterocycles. The summed E-state index contributed by atoms with van der Waals surface area (Å²) in [6.45, 7) is 11.0. The Hall–Kier alpha value is -5.52. The van der Waals surface area contributed by atoms with E-state index < -0.39 is 5.60 Å². The Morgan fingerprint density at radius 3 is 1.98 bits per heavy atom. The number of fused-ring (bicyclic) bond motifs is 2. The number of hydrogen-bond donors (Lipinski definition) is 2. The summed E-state index contributed by atoms with van der Waals surface area (Å²) in [5.41, 5.74) is 6.28. The van der Waals surface area contributed by atoms with Crippen LogP contribution in [0, 0.1) is 0 Å². The van der Waals surface area contributed by atoms with Crippen molar-refractivity contribution in [3.05, 3.63) is 108 Å². The van der Waals surface area contributed by atoms with Gasteiger partial charge < -0.3 is 29.9 Å². The van der Waals surface area contributed by atoms with Gasteiger partial charge in [-0.3, -0.25) is 9.88 Å². The molecule has 11 heteroatoms. The van der Waals surface area contributed by atoms with E-state index in [4.69, 9.17) is 19.4 Å². The normalized spacial score (nSPS) is 15.2. The minimum absolute atomic E-state index is 0.193. The average Bonchev–Trinajstić information content (AvgIpc) is 3.10. The van der Waals surface area contributed by atoms with E-state index in [2.05, 4.69) is 89.8 Å². The molecule has 276 valence electrons. The van der Waals surface area contributed by atoms with Gasteiger partial charge in [0, 0.05) is 30.4 Å². The fourth-order valence-corrected chi connectivity index (χ4v) is 6.29. The Balaban J connectivity index is 0.000000192. The number of rotatable bonds is 7. The summed E-state index contributed by atoms with van der Waals surface area (Å²) in [6.07, 6.45) is 3.28. The summed E-state index contributed by atoms with van der Waals surface area (Å²) >= 11 is 0. The Kier molecular flexibility index (Phi) is 11.0. The van der Waals surface area contributed by atoms with Crippen molar-refractivity contribution in [3.8, 4) is 34.0 Å². The van der Waals surface area contributed by atoms with E-state index in [1.54, 1.807) is 29.4 Å². The maximum Gasteiger partial charge on any atom is 0.327 e. The molecule has 0 aliphatic carbocycles. The van der Waals surface area contributed by atoms with Crippen molar-refractivity contribution in [2.75, 3.05) is 56.8 Å². The van der Waals surface area contributed by atoms with Crippen molar-refractivity contribution in [1.82, 2.24) is 24.8 Å². The lowest BCUT2D eigenvalue weighted by Crippen LogP contribution is -2.51. The molecule has 2 amide bonds. The van der Waals surface area contributed by atoms with Gasteiger partial charge in [0.05, 0.1) is 36.4 Å². The van der Waals surface area contributed by atoms with Gasteiger partial charge in [-0.25, -0.2) is 14.8 Å². The predicted octanol–water partition coefficient (Wildman–Crippen LogP) is 7.81. The Morgan fingerprint density at radius 1 is 0.774 bits per heavy atom. The van der Waals surface area contributed by atoms with Crippen molar-refractivity contribution in [3.63, 3.8) is 0 Å². The minimum atomic E-state index is -0.534. The molecular formula is C42H50N8O3. The van der Waals surface area contributed by atoms with Gasteiger partial charge in [0.1, 0.15) is 11.2 Å². The molecule has 11 nitrogen and oxygen atoms in total. The van der Waals surface area contributed by atoms with Crippen molar-refractivity contribution in [2.45, 2.75) is 52.0 Å². The van der Waals surface area contributed by atoms with Crippen LogP contribution >= 0.6 is 0 Å². The summed E-state index contributed by atoms with van der Waals surface area (Å²) in [7, 11) is 8.24. The summed E-state index contributed by atoms with van der Waals surface area (Å²) < 4.78 is 12.1. The van der Waals surface area contributed by atoms with Crippen LogP contribution in [0.1, 0.15) is 38.8 Å². The van der Waals surface area contributed by atoms with Gasteiger partial charge >= 0.3 is 6.03 Å². The van der Waals surface area contributed by atoms with Gasteiger partial charge in [-0.2, -0.15) is 0 Å². The summed E-state index contributed by atoms with van der Waals surface area (Å²) in [5, 5.41) is 6.27. The topological polar surface area (TPSA) is 108 Å². The zero-order valence-corrected chi connectivity index (χ0v) is 32.0. The Morgan fingerprint density at radius 2 is 1.38 bits per heavy atom. The quantitative estimate of drug-likeness (QED) is 0.175. The Bertz CT molecular complexity index is 2050. The van der Waals surface area contributed by atoms with Crippen LogP contribution < -0.4 is 25.0 Å². The molecule has 0 saturated carbocycles. The smallest absolute Gasteiger partial charge is 0.327 e. The molecule has 2 aliphatic rings. The largest absolute Gasteiger partial charge is 0.482 e.